The largest absolute Gasteiger partial charge is 0.481 e. The van der Waals surface area contributed by atoms with Crippen molar-refractivity contribution in [1.29, 1.82) is 0 Å². The Balaban J connectivity index is 2.76. The van der Waals surface area contributed by atoms with Gasteiger partial charge in [-0.15, -0.1) is 11.3 Å². The van der Waals surface area contributed by atoms with Gasteiger partial charge in [0.25, 0.3) is 0 Å². The molecule has 1 heterocycles. The standard InChI is InChI=1S/C9H11NO6S2/c1-16-9(13)6-4-8(17-5-6)18(14,15)10-3-2-7(11)12/h4-5,10H,2-3H2,1H3,(H,11,12). The van der Waals surface area contributed by atoms with E-state index in [0.717, 1.165) is 11.3 Å². The Morgan fingerprint density at radius 2 is 2.17 bits per heavy atom. The summed E-state index contributed by atoms with van der Waals surface area (Å²) in [6.45, 7) is -0.205. The molecule has 0 radical (unpaired) electrons. The lowest BCUT2D eigenvalue weighted by molar-refractivity contribution is -0.136. The number of aliphatic carboxylic acids is 1. The molecule has 2 N–H and O–H groups in total. The number of carbonyl (C=O) groups is 2. The molecule has 100 valence electrons. The molecule has 0 unspecified atom stereocenters. The van der Waals surface area contributed by atoms with Crippen LogP contribution < -0.4 is 4.72 Å². The molecule has 0 aliphatic rings. The zero-order chi connectivity index (χ0) is 13.8. The molecule has 9 heteroatoms. The third-order valence-electron chi connectivity index (χ3n) is 1.89. The van der Waals surface area contributed by atoms with Gasteiger partial charge in [0.1, 0.15) is 4.21 Å². The van der Waals surface area contributed by atoms with E-state index < -0.39 is 22.0 Å². The van der Waals surface area contributed by atoms with Crippen LogP contribution in [0.5, 0.6) is 0 Å². The molecule has 1 rings (SSSR count). The van der Waals surface area contributed by atoms with Crippen molar-refractivity contribution in [2.75, 3.05) is 13.7 Å². The van der Waals surface area contributed by atoms with E-state index in [1.807, 2.05) is 0 Å². The second-order valence-electron chi connectivity index (χ2n) is 3.19. The number of carboxylic acids is 1. The highest BCUT2D eigenvalue weighted by molar-refractivity contribution is 7.91. The number of methoxy groups -OCH3 is 1. The average molecular weight is 293 g/mol. The van der Waals surface area contributed by atoms with Crippen LogP contribution in [0.3, 0.4) is 0 Å². The average Bonchev–Trinajstić information content (AvgIpc) is 2.77. The summed E-state index contributed by atoms with van der Waals surface area (Å²) < 4.78 is 29.9. The van der Waals surface area contributed by atoms with Crippen LogP contribution in [0.15, 0.2) is 15.7 Å². The summed E-state index contributed by atoms with van der Waals surface area (Å²) in [7, 11) is -2.59. The Bertz CT molecular complexity index is 547. The van der Waals surface area contributed by atoms with Crippen molar-refractivity contribution in [1.82, 2.24) is 4.72 Å². The summed E-state index contributed by atoms with van der Waals surface area (Å²) in [5, 5.41) is 9.76. The molecule has 7 nitrogen and oxygen atoms in total. The molecular formula is C9H11NO6S2. The van der Waals surface area contributed by atoms with Crippen LogP contribution in [0.25, 0.3) is 0 Å². The molecular weight excluding hydrogens is 282 g/mol. The predicted molar refractivity (Wildman–Crippen MR) is 63.1 cm³/mol. The molecule has 1 aromatic rings. The van der Waals surface area contributed by atoms with E-state index in [9.17, 15) is 18.0 Å². The van der Waals surface area contributed by atoms with Crippen LogP contribution >= 0.6 is 11.3 Å². The summed E-state index contributed by atoms with van der Waals surface area (Å²) in [5.41, 5.74) is 0.140. The molecule has 0 fully saturated rings. The lowest BCUT2D eigenvalue weighted by Crippen LogP contribution is -2.25. The number of ether oxygens (including phenoxy) is 1. The Kier molecular flexibility index (Phi) is 4.82. The van der Waals surface area contributed by atoms with Crippen molar-refractivity contribution in [3.63, 3.8) is 0 Å². The first-order valence-electron chi connectivity index (χ1n) is 4.75. The van der Waals surface area contributed by atoms with Gasteiger partial charge in [0, 0.05) is 11.9 Å². The first-order valence-corrected chi connectivity index (χ1v) is 7.11. The van der Waals surface area contributed by atoms with Crippen LogP contribution in [0.2, 0.25) is 0 Å². The Morgan fingerprint density at radius 1 is 1.50 bits per heavy atom. The third kappa shape index (κ3) is 3.79. The number of carbonyl (C=O) groups excluding carboxylic acids is 1. The van der Waals surface area contributed by atoms with Crippen molar-refractivity contribution in [3.8, 4) is 0 Å². The van der Waals surface area contributed by atoms with Crippen molar-refractivity contribution >= 4 is 33.3 Å². The molecule has 0 saturated carbocycles. The minimum absolute atomic E-state index is 0.0618. The Hall–Kier alpha value is -1.45. The zero-order valence-electron chi connectivity index (χ0n) is 9.37. The van der Waals surface area contributed by atoms with Gasteiger partial charge >= 0.3 is 11.9 Å². The summed E-state index contributed by atoms with van der Waals surface area (Å²) in [6.07, 6.45) is -0.311. The number of hydrogen-bond acceptors (Lipinski definition) is 6. The first kappa shape index (κ1) is 14.6. The van der Waals surface area contributed by atoms with Crippen LogP contribution in [-0.4, -0.2) is 39.1 Å². The number of nitrogens with one attached hydrogen (secondary N) is 1. The normalized spacial score (nSPS) is 11.2. The van der Waals surface area contributed by atoms with Crippen LogP contribution in [0.4, 0.5) is 0 Å². The number of esters is 1. The Labute approximate surface area is 107 Å². The summed E-state index contributed by atoms with van der Waals surface area (Å²) in [6, 6.07) is 1.18. The third-order valence-corrected chi connectivity index (χ3v) is 4.79. The molecule has 0 aliphatic carbocycles. The fraction of sp³-hybridized carbons (Fsp3) is 0.333. The molecule has 18 heavy (non-hydrogen) atoms. The van der Waals surface area contributed by atoms with Gasteiger partial charge in [-0.05, 0) is 6.07 Å². The van der Waals surface area contributed by atoms with E-state index in [4.69, 9.17) is 5.11 Å². The molecule has 0 atom stereocenters. The maximum absolute atomic E-state index is 11.7. The topological polar surface area (TPSA) is 110 Å². The summed E-state index contributed by atoms with van der Waals surface area (Å²) in [5.74, 6) is -1.72. The smallest absolute Gasteiger partial charge is 0.338 e. The number of sulfonamides is 1. The van der Waals surface area contributed by atoms with Gasteiger partial charge in [-0.25, -0.2) is 17.9 Å². The van der Waals surface area contributed by atoms with Gasteiger partial charge in [0.2, 0.25) is 10.0 Å². The van der Waals surface area contributed by atoms with Gasteiger partial charge in [-0.3, -0.25) is 4.79 Å². The van der Waals surface area contributed by atoms with Gasteiger partial charge in [-0.2, -0.15) is 0 Å². The minimum atomic E-state index is -3.78. The maximum atomic E-state index is 11.7. The molecule has 0 aliphatic heterocycles. The zero-order valence-corrected chi connectivity index (χ0v) is 11.0. The quantitative estimate of drug-likeness (QED) is 0.729. The number of hydrogen-bond donors (Lipinski definition) is 2. The van der Waals surface area contributed by atoms with E-state index in [1.165, 1.54) is 18.6 Å². The van der Waals surface area contributed by atoms with Gasteiger partial charge in [0.05, 0.1) is 19.1 Å². The van der Waals surface area contributed by atoms with Crippen molar-refractivity contribution in [2.24, 2.45) is 0 Å². The van der Waals surface area contributed by atoms with Crippen molar-refractivity contribution in [2.45, 2.75) is 10.6 Å². The second kappa shape index (κ2) is 5.94. The van der Waals surface area contributed by atoms with Crippen molar-refractivity contribution in [3.05, 3.63) is 17.0 Å². The molecule has 0 bridgehead atoms. The van der Waals surface area contributed by atoms with Crippen LogP contribution in [0.1, 0.15) is 16.8 Å². The summed E-state index contributed by atoms with van der Waals surface area (Å²) in [4.78, 5) is 21.4. The number of rotatable bonds is 6. The van der Waals surface area contributed by atoms with Gasteiger partial charge in [-0.1, -0.05) is 0 Å². The van der Waals surface area contributed by atoms with Crippen molar-refractivity contribution < 1.29 is 27.9 Å². The highest BCUT2D eigenvalue weighted by atomic mass is 32.2. The van der Waals surface area contributed by atoms with E-state index >= 15 is 0 Å². The molecule has 0 amide bonds. The van der Waals surface area contributed by atoms with Gasteiger partial charge < -0.3 is 9.84 Å². The van der Waals surface area contributed by atoms with E-state index in [0.29, 0.717) is 0 Å². The minimum Gasteiger partial charge on any atom is -0.481 e. The lowest BCUT2D eigenvalue weighted by atomic mass is 10.3. The fourth-order valence-corrected chi connectivity index (χ4v) is 3.27. The highest BCUT2D eigenvalue weighted by Crippen LogP contribution is 2.20. The monoisotopic (exact) mass is 293 g/mol. The molecule has 0 saturated heterocycles. The first-order chi connectivity index (χ1) is 8.36. The maximum Gasteiger partial charge on any atom is 0.338 e. The number of thiophene rings is 1. The predicted octanol–water partition coefficient (Wildman–Crippen LogP) is 0.288. The molecule has 0 spiro atoms. The number of carboxylic acid groups (broad SMARTS) is 1. The molecule has 0 aromatic carbocycles. The molecule has 1 aromatic heterocycles. The van der Waals surface area contributed by atoms with Gasteiger partial charge in [0.15, 0.2) is 0 Å². The van der Waals surface area contributed by atoms with Crippen LogP contribution in [0, 0.1) is 0 Å². The SMILES string of the molecule is COC(=O)c1csc(S(=O)(=O)NCCC(=O)O)c1. The van der Waals surface area contributed by atoms with E-state index in [2.05, 4.69) is 9.46 Å². The van der Waals surface area contributed by atoms with E-state index in [-0.39, 0.29) is 22.7 Å². The lowest BCUT2D eigenvalue weighted by Gasteiger charge is -2.01. The second-order valence-corrected chi connectivity index (χ2v) is 6.09. The van der Waals surface area contributed by atoms with E-state index in [1.54, 1.807) is 0 Å². The van der Waals surface area contributed by atoms with Crippen LogP contribution in [-0.2, 0) is 19.6 Å². The Morgan fingerprint density at radius 3 is 2.72 bits per heavy atom. The highest BCUT2D eigenvalue weighted by Gasteiger charge is 2.19. The summed E-state index contributed by atoms with van der Waals surface area (Å²) >= 11 is 0.860. The fourth-order valence-electron chi connectivity index (χ4n) is 1.05.